The van der Waals surface area contributed by atoms with Gasteiger partial charge in [0, 0.05) is 25.5 Å². The van der Waals surface area contributed by atoms with Gasteiger partial charge in [-0.1, -0.05) is 11.6 Å². The molecule has 1 fully saturated rings. The van der Waals surface area contributed by atoms with E-state index in [1.165, 1.54) is 11.3 Å². The molecule has 0 spiro atoms. The van der Waals surface area contributed by atoms with Gasteiger partial charge >= 0.3 is 0 Å². The average Bonchev–Trinajstić information content (AvgIpc) is 3.07. The summed E-state index contributed by atoms with van der Waals surface area (Å²) in [5.41, 5.74) is 1.08. The van der Waals surface area contributed by atoms with Gasteiger partial charge in [-0.15, -0.1) is 11.3 Å². The zero-order valence-corrected chi connectivity index (χ0v) is 12.7. The topological polar surface area (TPSA) is 34.5 Å². The van der Waals surface area contributed by atoms with E-state index < -0.39 is 0 Å². The molecule has 2 aromatic heterocycles. The minimum Gasteiger partial charge on any atom is -0.377 e. The number of hydrogen-bond acceptors (Lipinski definition) is 3. The van der Waals surface area contributed by atoms with Gasteiger partial charge in [0.25, 0.3) is 5.91 Å². The Morgan fingerprint density at radius 1 is 1.45 bits per heavy atom. The van der Waals surface area contributed by atoms with Crippen LogP contribution in [0.3, 0.4) is 0 Å². The Morgan fingerprint density at radius 3 is 2.95 bits per heavy atom. The molecule has 1 unspecified atom stereocenters. The first kappa shape index (κ1) is 13.7. The highest BCUT2D eigenvalue weighted by atomic mass is 35.5. The number of morpholine rings is 1. The summed E-state index contributed by atoms with van der Waals surface area (Å²) in [7, 11) is 1.98. The molecular formula is C14H15ClN2O2S. The zero-order valence-electron chi connectivity index (χ0n) is 11.1. The molecule has 1 aliphatic heterocycles. The van der Waals surface area contributed by atoms with Crippen LogP contribution in [0.15, 0.2) is 30.5 Å². The van der Waals surface area contributed by atoms with Crippen LogP contribution in [0.5, 0.6) is 0 Å². The molecule has 0 bridgehead atoms. The SMILES string of the molecule is Cn1cccc1C1COCCN1C(=O)c1ccc(Cl)s1. The summed E-state index contributed by atoms with van der Waals surface area (Å²) in [6.07, 6.45) is 1.98. The summed E-state index contributed by atoms with van der Waals surface area (Å²) in [6, 6.07) is 7.51. The number of aromatic nitrogens is 1. The molecule has 0 aromatic carbocycles. The molecule has 3 heterocycles. The number of carbonyl (C=O) groups is 1. The average molecular weight is 311 g/mol. The number of hydrogen-bond donors (Lipinski definition) is 0. The standard InChI is InChI=1S/C14H15ClN2O2S/c1-16-6-2-3-10(16)11-9-19-8-7-17(11)14(18)12-4-5-13(15)20-12/h2-6,11H,7-9H2,1H3. The molecule has 1 atom stereocenters. The van der Waals surface area contributed by atoms with Gasteiger partial charge in [0.15, 0.2) is 0 Å². The molecule has 6 heteroatoms. The molecule has 0 saturated carbocycles. The quantitative estimate of drug-likeness (QED) is 0.854. The molecule has 3 rings (SSSR count). The van der Waals surface area contributed by atoms with Crippen LogP contribution < -0.4 is 0 Å². The van der Waals surface area contributed by atoms with E-state index in [1.54, 1.807) is 12.1 Å². The number of amides is 1. The van der Waals surface area contributed by atoms with Crippen molar-refractivity contribution in [3.05, 3.63) is 45.4 Å². The molecule has 0 aliphatic carbocycles. The van der Waals surface area contributed by atoms with Crippen LogP contribution in [-0.2, 0) is 11.8 Å². The van der Waals surface area contributed by atoms with E-state index in [-0.39, 0.29) is 11.9 Å². The van der Waals surface area contributed by atoms with E-state index in [4.69, 9.17) is 16.3 Å². The van der Waals surface area contributed by atoms with E-state index in [2.05, 4.69) is 0 Å². The fraction of sp³-hybridized carbons (Fsp3) is 0.357. The summed E-state index contributed by atoms with van der Waals surface area (Å²) in [6.45, 7) is 1.71. The number of ether oxygens (including phenoxy) is 1. The molecular weight excluding hydrogens is 296 g/mol. The van der Waals surface area contributed by atoms with Crippen molar-refractivity contribution >= 4 is 28.8 Å². The van der Waals surface area contributed by atoms with Crippen molar-refractivity contribution in [2.45, 2.75) is 6.04 Å². The van der Waals surface area contributed by atoms with E-state index in [1.807, 2.05) is 34.8 Å². The molecule has 0 radical (unpaired) electrons. The first-order valence-corrected chi connectivity index (χ1v) is 7.61. The lowest BCUT2D eigenvalue weighted by molar-refractivity contribution is -0.00437. The summed E-state index contributed by atoms with van der Waals surface area (Å²) < 4.78 is 8.22. The van der Waals surface area contributed by atoms with Crippen molar-refractivity contribution in [1.29, 1.82) is 0 Å². The molecule has 2 aromatic rings. The first-order valence-electron chi connectivity index (χ1n) is 6.42. The van der Waals surface area contributed by atoms with Crippen LogP contribution in [0, 0.1) is 0 Å². The highest BCUT2D eigenvalue weighted by Crippen LogP contribution is 2.29. The smallest absolute Gasteiger partial charge is 0.264 e. The van der Waals surface area contributed by atoms with Crippen LogP contribution in [0.2, 0.25) is 4.34 Å². The molecule has 1 amide bonds. The van der Waals surface area contributed by atoms with Crippen molar-refractivity contribution in [2.24, 2.45) is 7.05 Å². The largest absolute Gasteiger partial charge is 0.377 e. The number of rotatable bonds is 2. The Morgan fingerprint density at radius 2 is 2.30 bits per heavy atom. The normalized spacial score (nSPS) is 19.3. The van der Waals surface area contributed by atoms with Crippen molar-refractivity contribution in [3.8, 4) is 0 Å². The van der Waals surface area contributed by atoms with E-state index >= 15 is 0 Å². The Bertz CT molecular complexity index is 622. The number of nitrogens with zero attached hydrogens (tertiary/aromatic N) is 2. The van der Waals surface area contributed by atoms with Crippen molar-refractivity contribution < 1.29 is 9.53 Å². The van der Waals surface area contributed by atoms with E-state index in [9.17, 15) is 4.79 Å². The molecule has 20 heavy (non-hydrogen) atoms. The van der Waals surface area contributed by atoms with Gasteiger partial charge in [-0.25, -0.2) is 0 Å². The predicted octanol–water partition coefficient (Wildman–Crippen LogP) is 2.95. The summed E-state index contributed by atoms with van der Waals surface area (Å²) in [4.78, 5) is 15.2. The van der Waals surface area contributed by atoms with Crippen LogP contribution in [-0.4, -0.2) is 35.1 Å². The number of halogens is 1. The lowest BCUT2D eigenvalue weighted by Gasteiger charge is -2.35. The Labute approximate surface area is 126 Å². The van der Waals surface area contributed by atoms with E-state index in [0.717, 1.165) is 5.69 Å². The van der Waals surface area contributed by atoms with Crippen LogP contribution in [0.25, 0.3) is 0 Å². The number of carbonyl (C=O) groups excluding carboxylic acids is 1. The summed E-state index contributed by atoms with van der Waals surface area (Å²) in [5, 5.41) is 0. The second-order valence-corrected chi connectivity index (χ2v) is 6.45. The van der Waals surface area contributed by atoms with Gasteiger partial charge in [-0.2, -0.15) is 0 Å². The Hall–Kier alpha value is -1.30. The minimum atomic E-state index is -0.0443. The predicted molar refractivity (Wildman–Crippen MR) is 79.3 cm³/mol. The fourth-order valence-corrected chi connectivity index (χ4v) is 3.48. The van der Waals surface area contributed by atoms with Crippen LogP contribution >= 0.6 is 22.9 Å². The lowest BCUT2D eigenvalue weighted by Crippen LogP contribution is -2.43. The molecule has 1 aliphatic rings. The monoisotopic (exact) mass is 310 g/mol. The summed E-state index contributed by atoms with van der Waals surface area (Å²) in [5.74, 6) is 0.0244. The zero-order chi connectivity index (χ0) is 14.1. The maximum absolute atomic E-state index is 12.6. The second kappa shape index (κ2) is 5.60. The van der Waals surface area contributed by atoms with Crippen LogP contribution in [0.4, 0.5) is 0 Å². The molecule has 0 N–H and O–H groups in total. The van der Waals surface area contributed by atoms with Gasteiger partial charge in [0.1, 0.15) is 0 Å². The van der Waals surface area contributed by atoms with Gasteiger partial charge in [0.2, 0.25) is 0 Å². The van der Waals surface area contributed by atoms with Gasteiger partial charge in [-0.05, 0) is 24.3 Å². The van der Waals surface area contributed by atoms with Crippen molar-refractivity contribution in [3.63, 3.8) is 0 Å². The van der Waals surface area contributed by atoms with Gasteiger partial charge < -0.3 is 14.2 Å². The lowest BCUT2D eigenvalue weighted by atomic mass is 10.1. The Kier molecular flexibility index (Phi) is 3.83. The maximum atomic E-state index is 12.6. The van der Waals surface area contributed by atoms with E-state index in [0.29, 0.717) is 29.0 Å². The van der Waals surface area contributed by atoms with Crippen LogP contribution in [0.1, 0.15) is 21.4 Å². The second-order valence-electron chi connectivity index (χ2n) is 4.74. The van der Waals surface area contributed by atoms with Gasteiger partial charge in [0.05, 0.1) is 28.5 Å². The Balaban J connectivity index is 1.89. The van der Waals surface area contributed by atoms with Crippen molar-refractivity contribution in [1.82, 2.24) is 9.47 Å². The van der Waals surface area contributed by atoms with Crippen molar-refractivity contribution in [2.75, 3.05) is 19.8 Å². The third kappa shape index (κ3) is 2.49. The molecule has 1 saturated heterocycles. The van der Waals surface area contributed by atoms with Gasteiger partial charge in [-0.3, -0.25) is 4.79 Å². The third-order valence-corrected chi connectivity index (χ3v) is 4.72. The third-order valence-electron chi connectivity index (χ3n) is 3.50. The number of thiophene rings is 1. The maximum Gasteiger partial charge on any atom is 0.264 e. The minimum absolute atomic E-state index is 0.0244. The highest BCUT2D eigenvalue weighted by molar-refractivity contribution is 7.17. The fourth-order valence-electron chi connectivity index (χ4n) is 2.48. The first-order chi connectivity index (χ1) is 9.66. The molecule has 106 valence electrons. The highest BCUT2D eigenvalue weighted by Gasteiger charge is 2.31. The molecule has 4 nitrogen and oxygen atoms in total. The number of aryl methyl sites for hydroxylation is 1. The summed E-state index contributed by atoms with van der Waals surface area (Å²) >= 11 is 7.24.